The van der Waals surface area contributed by atoms with Crippen molar-refractivity contribution in [3.05, 3.63) is 23.3 Å². The summed E-state index contributed by atoms with van der Waals surface area (Å²) in [5.41, 5.74) is 1.70. The van der Waals surface area contributed by atoms with Gasteiger partial charge in [0.15, 0.2) is 0 Å². The summed E-state index contributed by atoms with van der Waals surface area (Å²) in [4.78, 5) is 0. The smallest absolute Gasteiger partial charge is 0.211 e. The van der Waals surface area contributed by atoms with Gasteiger partial charge < -0.3 is 9.47 Å². The maximum Gasteiger partial charge on any atom is 0.211 e. The van der Waals surface area contributed by atoms with E-state index in [1.807, 2.05) is 19.9 Å². The van der Waals surface area contributed by atoms with E-state index in [0.717, 1.165) is 11.1 Å². The van der Waals surface area contributed by atoms with Crippen LogP contribution >= 0.6 is 0 Å². The van der Waals surface area contributed by atoms with E-state index in [0.29, 0.717) is 17.9 Å². The number of benzene rings is 1. The third kappa shape index (κ3) is 4.40. The van der Waals surface area contributed by atoms with Gasteiger partial charge in [0, 0.05) is 12.1 Å². The molecule has 0 unspecified atom stereocenters. The maximum atomic E-state index is 11.6. The third-order valence-corrected chi connectivity index (χ3v) is 4.28. The molecular formula is C13H21NO4S. The molecule has 1 aromatic carbocycles. The Morgan fingerprint density at radius 2 is 1.79 bits per heavy atom. The van der Waals surface area contributed by atoms with Gasteiger partial charge in [-0.05, 0) is 31.0 Å². The standard InChI is InChI=1S/C13H21NO4S/c1-5-6-19(15,16)14-9-11-8-12(17-3)10(2)7-13(11)18-4/h7-8,14H,5-6,9H2,1-4H3. The lowest BCUT2D eigenvalue weighted by Crippen LogP contribution is -2.25. The van der Waals surface area contributed by atoms with Gasteiger partial charge >= 0.3 is 0 Å². The molecule has 19 heavy (non-hydrogen) atoms. The zero-order valence-corrected chi connectivity index (χ0v) is 12.6. The lowest BCUT2D eigenvalue weighted by molar-refractivity contribution is 0.396. The van der Waals surface area contributed by atoms with Gasteiger partial charge in [0.05, 0.1) is 20.0 Å². The summed E-state index contributed by atoms with van der Waals surface area (Å²) in [6, 6.07) is 3.63. The molecule has 0 aromatic heterocycles. The van der Waals surface area contributed by atoms with Gasteiger partial charge in [0.1, 0.15) is 11.5 Å². The van der Waals surface area contributed by atoms with Crippen molar-refractivity contribution >= 4 is 10.0 Å². The monoisotopic (exact) mass is 287 g/mol. The van der Waals surface area contributed by atoms with E-state index >= 15 is 0 Å². The van der Waals surface area contributed by atoms with Crippen molar-refractivity contribution in [2.24, 2.45) is 0 Å². The predicted octanol–water partition coefficient (Wildman–Crippen LogP) is 1.84. The van der Waals surface area contributed by atoms with Crippen molar-refractivity contribution in [1.29, 1.82) is 0 Å². The first-order valence-electron chi connectivity index (χ1n) is 6.12. The van der Waals surface area contributed by atoms with E-state index in [9.17, 15) is 8.42 Å². The van der Waals surface area contributed by atoms with Gasteiger partial charge in [0.2, 0.25) is 10.0 Å². The van der Waals surface area contributed by atoms with Crippen molar-refractivity contribution in [1.82, 2.24) is 4.72 Å². The molecule has 0 saturated carbocycles. The molecule has 108 valence electrons. The fourth-order valence-corrected chi connectivity index (χ4v) is 2.84. The lowest BCUT2D eigenvalue weighted by atomic mass is 10.1. The highest BCUT2D eigenvalue weighted by Crippen LogP contribution is 2.28. The molecule has 0 aliphatic heterocycles. The Bertz CT molecular complexity index is 526. The van der Waals surface area contributed by atoms with Crippen LogP contribution in [0.2, 0.25) is 0 Å². The molecular weight excluding hydrogens is 266 g/mol. The Labute approximate surface area is 115 Å². The van der Waals surface area contributed by atoms with Gasteiger partial charge in [-0.1, -0.05) is 6.92 Å². The van der Waals surface area contributed by atoms with Gasteiger partial charge in [-0.15, -0.1) is 0 Å². The molecule has 0 fully saturated rings. The van der Waals surface area contributed by atoms with Crippen LogP contribution in [-0.4, -0.2) is 28.4 Å². The minimum Gasteiger partial charge on any atom is -0.496 e. The second kappa shape index (κ2) is 6.77. The average molecular weight is 287 g/mol. The Balaban J connectivity index is 2.94. The summed E-state index contributed by atoms with van der Waals surface area (Å²) < 4.78 is 36.3. The van der Waals surface area contributed by atoms with Crippen LogP contribution < -0.4 is 14.2 Å². The Morgan fingerprint density at radius 1 is 1.16 bits per heavy atom. The van der Waals surface area contributed by atoms with Gasteiger partial charge in [0.25, 0.3) is 0 Å². The highest BCUT2D eigenvalue weighted by Gasteiger charge is 2.12. The molecule has 0 aliphatic carbocycles. The van der Waals surface area contributed by atoms with Crippen molar-refractivity contribution in [3.8, 4) is 11.5 Å². The van der Waals surface area contributed by atoms with E-state index in [-0.39, 0.29) is 12.3 Å². The summed E-state index contributed by atoms with van der Waals surface area (Å²) in [7, 11) is -0.0869. The highest BCUT2D eigenvalue weighted by molar-refractivity contribution is 7.89. The SMILES string of the molecule is CCCS(=O)(=O)NCc1cc(OC)c(C)cc1OC. The van der Waals surface area contributed by atoms with Gasteiger partial charge in [-0.25, -0.2) is 13.1 Å². The summed E-state index contributed by atoms with van der Waals surface area (Å²) in [5.74, 6) is 1.49. The van der Waals surface area contributed by atoms with Crippen LogP contribution in [0.3, 0.4) is 0 Å². The predicted molar refractivity (Wildman–Crippen MR) is 75.2 cm³/mol. The normalized spacial score (nSPS) is 11.4. The molecule has 1 N–H and O–H groups in total. The summed E-state index contributed by atoms with van der Waals surface area (Å²) >= 11 is 0. The average Bonchev–Trinajstić information content (AvgIpc) is 2.36. The first kappa shape index (κ1) is 15.8. The van der Waals surface area contributed by atoms with Crippen molar-refractivity contribution in [2.75, 3.05) is 20.0 Å². The van der Waals surface area contributed by atoms with Crippen LogP contribution in [0, 0.1) is 6.92 Å². The molecule has 0 bridgehead atoms. The van der Waals surface area contributed by atoms with E-state index in [4.69, 9.17) is 9.47 Å². The van der Waals surface area contributed by atoms with Gasteiger partial charge in [-0.2, -0.15) is 0 Å². The van der Waals surface area contributed by atoms with Crippen LogP contribution in [-0.2, 0) is 16.6 Å². The van der Waals surface area contributed by atoms with Crippen LogP contribution in [0.15, 0.2) is 12.1 Å². The molecule has 0 heterocycles. The Hall–Kier alpha value is -1.27. The minimum absolute atomic E-state index is 0.123. The number of hydrogen-bond donors (Lipinski definition) is 1. The van der Waals surface area contributed by atoms with Crippen LogP contribution in [0.4, 0.5) is 0 Å². The van der Waals surface area contributed by atoms with Crippen LogP contribution in [0.25, 0.3) is 0 Å². The molecule has 0 amide bonds. The van der Waals surface area contributed by atoms with E-state index in [1.54, 1.807) is 20.3 Å². The molecule has 0 spiro atoms. The molecule has 5 nitrogen and oxygen atoms in total. The Kier molecular flexibility index (Phi) is 5.62. The molecule has 0 saturated heterocycles. The number of nitrogens with one attached hydrogen (secondary N) is 1. The summed E-state index contributed by atoms with van der Waals surface area (Å²) in [6.07, 6.45) is 0.587. The maximum absolute atomic E-state index is 11.6. The quantitative estimate of drug-likeness (QED) is 0.831. The first-order valence-corrected chi connectivity index (χ1v) is 7.77. The lowest BCUT2D eigenvalue weighted by Gasteiger charge is -2.13. The largest absolute Gasteiger partial charge is 0.496 e. The molecule has 0 atom stereocenters. The molecule has 1 aromatic rings. The second-order valence-corrected chi connectivity index (χ2v) is 6.20. The molecule has 0 radical (unpaired) electrons. The third-order valence-electron chi connectivity index (χ3n) is 2.75. The van der Waals surface area contributed by atoms with Crippen molar-refractivity contribution in [2.45, 2.75) is 26.8 Å². The fourth-order valence-electron chi connectivity index (χ4n) is 1.78. The van der Waals surface area contributed by atoms with Crippen LogP contribution in [0.1, 0.15) is 24.5 Å². The number of methoxy groups -OCH3 is 2. The highest BCUT2D eigenvalue weighted by atomic mass is 32.2. The molecule has 1 rings (SSSR count). The van der Waals surface area contributed by atoms with Crippen molar-refractivity contribution in [3.63, 3.8) is 0 Å². The van der Waals surface area contributed by atoms with E-state index < -0.39 is 10.0 Å². The van der Waals surface area contributed by atoms with Gasteiger partial charge in [-0.3, -0.25) is 0 Å². The number of ether oxygens (including phenoxy) is 2. The molecule has 0 aliphatic rings. The second-order valence-electron chi connectivity index (χ2n) is 4.27. The topological polar surface area (TPSA) is 64.6 Å². The summed E-state index contributed by atoms with van der Waals surface area (Å²) in [6.45, 7) is 3.93. The van der Waals surface area contributed by atoms with E-state index in [1.165, 1.54) is 0 Å². The minimum atomic E-state index is -3.23. The zero-order valence-electron chi connectivity index (χ0n) is 11.8. The number of hydrogen-bond acceptors (Lipinski definition) is 4. The molecule has 6 heteroatoms. The Morgan fingerprint density at radius 3 is 2.32 bits per heavy atom. The van der Waals surface area contributed by atoms with Crippen molar-refractivity contribution < 1.29 is 17.9 Å². The fraction of sp³-hybridized carbons (Fsp3) is 0.538. The zero-order chi connectivity index (χ0) is 14.5. The number of sulfonamides is 1. The number of aryl methyl sites for hydroxylation is 1. The summed E-state index contributed by atoms with van der Waals surface area (Å²) in [5, 5.41) is 0. The first-order chi connectivity index (χ1) is 8.93. The van der Waals surface area contributed by atoms with Crippen LogP contribution in [0.5, 0.6) is 11.5 Å². The van der Waals surface area contributed by atoms with E-state index in [2.05, 4.69) is 4.72 Å². The number of rotatable bonds is 7.